The molecule has 2 aromatic rings. The van der Waals surface area contributed by atoms with Crippen molar-refractivity contribution in [3.63, 3.8) is 0 Å². The van der Waals surface area contributed by atoms with Gasteiger partial charge < -0.3 is 4.74 Å². The van der Waals surface area contributed by atoms with Crippen LogP contribution in [0.15, 0.2) is 42.5 Å². The summed E-state index contributed by atoms with van der Waals surface area (Å²) >= 11 is 3.59. The largest absolute Gasteiger partial charge is 0.496 e. The fourth-order valence-electron chi connectivity index (χ4n) is 2.40. The third-order valence-electron chi connectivity index (χ3n) is 3.40. The molecule has 0 aliphatic heterocycles. The van der Waals surface area contributed by atoms with Gasteiger partial charge in [-0.25, -0.2) is 4.39 Å². The van der Waals surface area contributed by atoms with Crippen LogP contribution in [-0.2, 0) is 6.42 Å². The lowest BCUT2D eigenvalue weighted by Crippen LogP contribution is -2.01. The van der Waals surface area contributed by atoms with Crippen LogP contribution < -0.4 is 4.74 Å². The van der Waals surface area contributed by atoms with Crippen molar-refractivity contribution in [3.8, 4) is 5.75 Å². The van der Waals surface area contributed by atoms with Crippen molar-refractivity contribution >= 4 is 15.9 Å². The summed E-state index contributed by atoms with van der Waals surface area (Å²) in [5.74, 6) is 0.924. The number of rotatable bonds is 5. The Kier molecular flexibility index (Phi) is 5.40. The van der Waals surface area contributed by atoms with E-state index in [2.05, 4.69) is 41.9 Å². The van der Waals surface area contributed by atoms with Crippen molar-refractivity contribution in [1.82, 2.24) is 0 Å². The Morgan fingerprint density at radius 1 is 1.10 bits per heavy atom. The Bertz CT molecular complexity index is 593. The van der Waals surface area contributed by atoms with Gasteiger partial charge in [-0.2, -0.15) is 0 Å². The maximum atomic E-state index is 14.1. The number of hydrogen-bond acceptors (Lipinski definition) is 1. The lowest BCUT2D eigenvalue weighted by Gasteiger charge is -2.16. The highest BCUT2D eigenvalue weighted by atomic mass is 79.9. The molecule has 0 aromatic heterocycles. The first kappa shape index (κ1) is 16.0. The zero-order valence-corrected chi connectivity index (χ0v) is 14.2. The van der Waals surface area contributed by atoms with Crippen molar-refractivity contribution in [2.45, 2.75) is 25.1 Å². The van der Waals surface area contributed by atoms with Crippen LogP contribution >= 0.6 is 15.9 Å². The lowest BCUT2D eigenvalue weighted by atomic mass is 9.98. The van der Waals surface area contributed by atoms with Gasteiger partial charge in [0.15, 0.2) is 0 Å². The smallest absolute Gasteiger partial charge is 0.131 e. The van der Waals surface area contributed by atoms with E-state index in [1.165, 1.54) is 11.6 Å². The molecule has 21 heavy (non-hydrogen) atoms. The van der Waals surface area contributed by atoms with Crippen molar-refractivity contribution in [3.05, 3.63) is 65.0 Å². The van der Waals surface area contributed by atoms with Crippen molar-refractivity contribution in [1.29, 1.82) is 0 Å². The van der Waals surface area contributed by atoms with Gasteiger partial charge >= 0.3 is 0 Å². The maximum absolute atomic E-state index is 14.1. The summed E-state index contributed by atoms with van der Waals surface area (Å²) in [5.41, 5.74) is 2.86. The Hall–Kier alpha value is -1.35. The van der Waals surface area contributed by atoms with E-state index >= 15 is 0 Å². The van der Waals surface area contributed by atoms with Crippen molar-refractivity contribution < 1.29 is 9.13 Å². The van der Waals surface area contributed by atoms with Crippen LogP contribution in [0.5, 0.6) is 5.75 Å². The fraction of sp³-hybridized carbons (Fsp3) is 0.333. The summed E-state index contributed by atoms with van der Waals surface area (Å²) in [6.07, 6.45) is 1.05. The predicted molar refractivity (Wildman–Crippen MR) is 88.7 cm³/mol. The van der Waals surface area contributed by atoms with E-state index in [0.29, 0.717) is 17.2 Å². The zero-order valence-electron chi connectivity index (χ0n) is 12.6. The number of halogens is 2. The van der Waals surface area contributed by atoms with Crippen LogP contribution in [0.1, 0.15) is 35.4 Å². The molecule has 1 unspecified atom stereocenters. The van der Waals surface area contributed by atoms with Crippen LogP contribution in [-0.4, -0.2) is 7.11 Å². The van der Waals surface area contributed by atoms with Gasteiger partial charge in [-0.1, -0.05) is 60.1 Å². The molecule has 1 nitrogen and oxygen atoms in total. The highest BCUT2D eigenvalue weighted by Gasteiger charge is 2.19. The molecule has 0 bridgehead atoms. The molecule has 2 rings (SSSR count). The van der Waals surface area contributed by atoms with E-state index < -0.39 is 0 Å². The molecule has 0 spiro atoms. The number of hydrogen-bond donors (Lipinski definition) is 0. The van der Waals surface area contributed by atoms with Gasteiger partial charge in [-0.3, -0.25) is 0 Å². The summed E-state index contributed by atoms with van der Waals surface area (Å²) < 4.78 is 19.4. The number of methoxy groups -OCH3 is 1. The topological polar surface area (TPSA) is 9.23 Å². The number of ether oxygens (including phenoxy) is 1. The van der Waals surface area contributed by atoms with E-state index in [9.17, 15) is 4.39 Å². The molecule has 112 valence electrons. The lowest BCUT2D eigenvalue weighted by molar-refractivity contribution is 0.405. The Balaban J connectivity index is 2.30. The van der Waals surface area contributed by atoms with Crippen molar-refractivity contribution in [2.75, 3.05) is 7.11 Å². The summed E-state index contributed by atoms with van der Waals surface area (Å²) in [7, 11) is 1.56. The Morgan fingerprint density at radius 2 is 1.76 bits per heavy atom. The van der Waals surface area contributed by atoms with Gasteiger partial charge in [0, 0.05) is 5.56 Å². The molecule has 0 saturated carbocycles. The van der Waals surface area contributed by atoms with Crippen LogP contribution in [0.3, 0.4) is 0 Å². The third-order valence-corrected chi connectivity index (χ3v) is 4.39. The summed E-state index contributed by atoms with van der Waals surface area (Å²) in [4.78, 5) is -0.221. The zero-order chi connectivity index (χ0) is 15.4. The molecule has 1 atom stereocenters. The average Bonchev–Trinajstić information content (AvgIpc) is 2.46. The third kappa shape index (κ3) is 3.85. The van der Waals surface area contributed by atoms with Gasteiger partial charge in [0.25, 0.3) is 0 Å². The first-order chi connectivity index (χ1) is 10.0. The van der Waals surface area contributed by atoms with Crippen molar-refractivity contribution in [2.24, 2.45) is 5.92 Å². The summed E-state index contributed by atoms with van der Waals surface area (Å²) in [6, 6.07) is 13.2. The number of alkyl halides is 1. The minimum Gasteiger partial charge on any atom is -0.496 e. The molecular formula is C18H20BrFO. The van der Waals surface area contributed by atoms with E-state index in [1.807, 2.05) is 12.1 Å². The van der Waals surface area contributed by atoms with Crippen LogP contribution in [0.25, 0.3) is 0 Å². The van der Waals surface area contributed by atoms with Gasteiger partial charge in [-0.15, -0.1) is 0 Å². The van der Waals surface area contributed by atoms with Crippen LogP contribution in [0.4, 0.5) is 4.39 Å². The number of benzene rings is 2. The van der Waals surface area contributed by atoms with E-state index in [-0.39, 0.29) is 10.6 Å². The maximum Gasteiger partial charge on any atom is 0.131 e. The average molecular weight is 351 g/mol. The summed E-state index contributed by atoms with van der Waals surface area (Å²) in [6.45, 7) is 4.40. The normalized spacial score (nSPS) is 12.5. The van der Waals surface area contributed by atoms with E-state index in [0.717, 1.165) is 12.0 Å². The minimum absolute atomic E-state index is 0.221. The van der Waals surface area contributed by atoms with Gasteiger partial charge in [0.1, 0.15) is 11.6 Å². The van der Waals surface area contributed by atoms with Gasteiger partial charge in [0.2, 0.25) is 0 Å². The highest BCUT2D eigenvalue weighted by Crippen LogP contribution is 2.38. The summed E-state index contributed by atoms with van der Waals surface area (Å²) in [5, 5.41) is 0. The first-order valence-electron chi connectivity index (χ1n) is 7.08. The molecule has 0 heterocycles. The highest BCUT2D eigenvalue weighted by molar-refractivity contribution is 9.09. The Labute approximate surface area is 134 Å². The molecule has 2 aromatic carbocycles. The molecular weight excluding hydrogens is 331 g/mol. The molecule has 0 aliphatic carbocycles. The van der Waals surface area contributed by atoms with E-state index in [1.54, 1.807) is 19.2 Å². The molecule has 0 radical (unpaired) electrons. The van der Waals surface area contributed by atoms with Gasteiger partial charge in [0.05, 0.1) is 11.9 Å². The first-order valence-corrected chi connectivity index (χ1v) is 7.99. The molecule has 0 amide bonds. The molecule has 3 heteroatoms. The van der Waals surface area contributed by atoms with E-state index in [4.69, 9.17) is 4.74 Å². The van der Waals surface area contributed by atoms with Crippen LogP contribution in [0, 0.1) is 11.7 Å². The quantitative estimate of drug-likeness (QED) is 0.645. The second-order valence-corrected chi connectivity index (χ2v) is 6.47. The molecule has 0 fully saturated rings. The second kappa shape index (κ2) is 7.08. The van der Waals surface area contributed by atoms with Crippen LogP contribution in [0.2, 0.25) is 0 Å². The van der Waals surface area contributed by atoms with Gasteiger partial charge in [-0.05, 0) is 35.6 Å². The molecule has 0 aliphatic rings. The molecule has 0 saturated heterocycles. The monoisotopic (exact) mass is 350 g/mol. The Morgan fingerprint density at radius 3 is 2.33 bits per heavy atom. The molecule has 0 N–H and O–H groups in total. The minimum atomic E-state index is -0.262. The fourth-order valence-corrected chi connectivity index (χ4v) is 3.15. The predicted octanol–water partition coefficient (Wildman–Crippen LogP) is 5.52. The SMILES string of the molecule is COc1cccc(F)c1C(Br)c1ccc(CC(C)C)cc1. The second-order valence-electron chi connectivity index (χ2n) is 5.56. The standard InChI is InChI=1S/C18H20BrFO/c1-12(2)11-13-7-9-14(10-8-13)18(19)17-15(20)5-4-6-16(17)21-3/h4-10,12,18H,11H2,1-3H3.